The standard InChI is InChI=1S/C45H46FN9O7S/c1-25-19-34(20-26(2)39(25)46)55-40(53-16-15-52(44(53)58)33-8-5-29(6-9-33)24-47-63(59)60)38-28(4)51(14-11-35(38)49-55)41(56)37-22-32-21-31(30-12-17-61-18-13-30)7-10-36(32)54(37)45(23-27(45)3)42-48-43(57)62-50-42/h5-10,15-16,19-22,27-28,30,63H,11-14,17-18,23-24H2,1-4H3,(H,47,59,60)(H,48,50,57)/t27-,28-,45-/m0/s1. The van der Waals surface area contributed by atoms with Gasteiger partial charge in [-0.15, -0.1) is 0 Å². The highest BCUT2D eigenvalue weighted by Crippen LogP contribution is 2.56. The van der Waals surface area contributed by atoms with Gasteiger partial charge >= 0.3 is 11.4 Å². The molecule has 0 spiro atoms. The molecule has 6 heterocycles. The normalized spacial score (nSPS) is 20.2. The fraction of sp³-hybridized carbons (Fsp3) is 0.356. The van der Waals surface area contributed by atoms with Gasteiger partial charge in [0.15, 0.2) is 5.82 Å². The number of hydrogen-bond acceptors (Lipinski definition) is 9. The Kier molecular flexibility index (Phi) is 9.98. The minimum atomic E-state index is -2.76. The number of amides is 1. The highest BCUT2D eigenvalue weighted by molar-refractivity contribution is 7.70. The number of hydrogen-bond donors (Lipinski definition) is 3. The summed E-state index contributed by atoms with van der Waals surface area (Å²) in [4.78, 5) is 46.9. The average molecular weight is 876 g/mol. The van der Waals surface area contributed by atoms with Gasteiger partial charge in [0.1, 0.15) is 22.9 Å². The summed E-state index contributed by atoms with van der Waals surface area (Å²) in [5, 5.41) is 10.1. The van der Waals surface area contributed by atoms with Gasteiger partial charge in [0.05, 0.1) is 23.1 Å². The lowest BCUT2D eigenvalue weighted by molar-refractivity contribution is 0.0663. The molecular formula is C45H46FN9O7S. The number of fused-ring (bicyclic) bond motifs is 2. The van der Waals surface area contributed by atoms with E-state index in [0.717, 1.165) is 23.7 Å². The number of aromatic amines is 1. The maximum Gasteiger partial charge on any atom is 0.438 e. The first kappa shape index (κ1) is 40.7. The van der Waals surface area contributed by atoms with Crippen LogP contribution >= 0.6 is 0 Å². The largest absolute Gasteiger partial charge is 0.438 e. The van der Waals surface area contributed by atoms with Crippen LogP contribution in [0.3, 0.4) is 0 Å². The van der Waals surface area contributed by atoms with Gasteiger partial charge < -0.3 is 14.2 Å². The highest BCUT2D eigenvalue weighted by Gasteiger charge is 2.59. The molecular weight excluding hydrogens is 830 g/mol. The van der Waals surface area contributed by atoms with Crippen LogP contribution in [0.1, 0.15) is 94.9 Å². The molecule has 3 aromatic carbocycles. The molecule has 2 aliphatic heterocycles. The maximum atomic E-state index is 15.4. The monoisotopic (exact) mass is 875 g/mol. The molecule has 18 heteroatoms. The van der Waals surface area contributed by atoms with Crippen LogP contribution in [0.4, 0.5) is 4.39 Å². The van der Waals surface area contributed by atoms with Crippen molar-refractivity contribution in [2.75, 3.05) is 19.8 Å². The minimum absolute atomic E-state index is 0.0148. The zero-order chi connectivity index (χ0) is 43.9. The Bertz CT molecular complexity index is 3120. The minimum Gasteiger partial charge on any atom is -0.381 e. The molecule has 4 aromatic heterocycles. The fourth-order valence-corrected chi connectivity index (χ4v) is 10.2. The topological polar surface area (TPSA) is 184 Å². The molecule has 0 radical (unpaired) electrons. The van der Waals surface area contributed by atoms with Crippen LogP contribution in [-0.4, -0.2) is 72.6 Å². The van der Waals surface area contributed by atoms with E-state index in [-0.39, 0.29) is 24.2 Å². The second-order valence-electron chi connectivity index (χ2n) is 17.0. The summed E-state index contributed by atoms with van der Waals surface area (Å²) in [5.74, 6) is -0.130. The van der Waals surface area contributed by atoms with E-state index in [9.17, 15) is 18.0 Å². The van der Waals surface area contributed by atoms with Gasteiger partial charge in [-0.25, -0.2) is 31.8 Å². The number of nitrogens with one attached hydrogen (secondary N) is 2. The number of H-pyrrole nitrogens is 1. The van der Waals surface area contributed by atoms with Gasteiger partial charge in [-0.3, -0.25) is 23.4 Å². The van der Waals surface area contributed by atoms with Crippen LogP contribution in [0.15, 0.2) is 87.2 Å². The van der Waals surface area contributed by atoms with E-state index in [0.29, 0.717) is 95.2 Å². The Morgan fingerprint density at radius 2 is 1.68 bits per heavy atom. The van der Waals surface area contributed by atoms with E-state index in [4.69, 9.17) is 14.4 Å². The first-order valence-electron chi connectivity index (χ1n) is 21.1. The van der Waals surface area contributed by atoms with E-state index < -0.39 is 33.9 Å². The molecule has 1 saturated carbocycles. The number of ether oxygens (including phenoxy) is 1. The van der Waals surface area contributed by atoms with Gasteiger partial charge in [-0.05, 0) is 117 Å². The third kappa shape index (κ3) is 6.78. The van der Waals surface area contributed by atoms with E-state index in [1.807, 2.05) is 17.6 Å². The predicted molar refractivity (Wildman–Crippen MR) is 231 cm³/mol. The lowest BCUT2D eigenvalue weighted by atomic mass is 9.91. The molecule has 1 amide bonds. The van der Waals surface area contributed by atoms with Crippen LogP contribution < -0.4 is 16.2 Å². The van der Waals surface area contributed by atoms with Crippen molar-refractivity contribution in [3.05, 3.63) is 145 Å². The molecule has 3 aliphatic rings. The van der Waals surface area contributed by atoms with Crippen molar-refractivity contribution in [1.29, 1.82) is 0 Å². The SMILES string of the molecule is Cc1cc(-n2nc3c(c2-n2ccn(-c4ccc(CN[SH](=O)=O)cc4)c2=O)[C@H](C)N(C(=O)c2cc4cc(C5CCOCC5)ccc4n2[C@@]2(c4noc(=O)[nH]4)C[C@@H]2C)CC3)cc(C)c1F. The number of benzene rings is 3. The predicted octanol–water partition coefficient (Wildman–Crippen LogP) is 5.25. The maximum absolute atomic E-state index is 15.4. The van der Waals surface area contributed by atoms with Crippen molar-refractivity contribution < 1.29 is 26.9 Å². The molecule has 2 N–H and O–H groups in total. The van der Waals surface area contributed by atoms with Gasteiger partial charge in [0, 0.05) is 61.6 Å². The molecule has 326 valence electrons. The summed E-state index contributed by atoms with van der Waals surface area (Å²) in [5.41, 5.74) is 5.22. The summed E-state index contributed by atoms with van der Waals surface area (Å²) < 4.78 is 57.0. The Morgan fingerprint density at radius 3 is 2.35 bits per heavy atom. The number of aromatic nitrogens is 7. The first-order valence-corrected chi connectivity index (χ1v) is 22.3. The zero-order valence-corrected chi connectivity index (χ0v) is 36.0. The van der Waals surface area contributed by atoms with Crippen LogP contribution in [0.25, 0.3) is 28.1 Å². The molecule has 1 saturated heterocycles. The molecule has 3 atom stereocenters. The number of halogens is 1. The molecule has 16 nitrogen and oxygen atoms in total. The number of thiol groups is 1. The molecule has 10 rings (SSSR count). The molecule has 7 aromatic rings. The van der Waals surface area contributed by atoms with Crippen LogP contribution in [0.5, 0.6) is 0 Å². The van der Waals surface area contributed by atoms with Crippen molar-refractivity contribution >= 4 is 27.7 Å². The van der Waals surface area contributed by atoms with Crippen molar-refractivity contribution in [2.24, 2.45) is 5.92 Å². The molecule has 1 aliphatic carbocycles. The first-order chi connectivity index (χ1) is 30.3. The van der Waals surface area contributed by atoms with E-state index >= 15 is 9.18 Å². The second kappa shape index (κ2) is 15.5. The fourth-order valence-electron chi connectivity index (χ4n) is 9.88. The Balaban J connectivity index is 1.10. The smallest absolute Gasteiger partial charge is 0.381 e. The average Bonchev–Trinajstić information content (AvgIpc) is 3.77. The van der Waals surface area contributed by atoms with Crippen molar-refractivity contribution in [1.82, 2.24) is 43.2 Å². The van der Waals surface area contributed by atoms with Gasteiger partial charge in [-0.2, -0.15) is 5.10 Å². The number of nitrogens with zero attached hydrogens (tertiary/aromatic N) is 7. The highest BCUT2D eigenvalue weighted by atomic mass is 32.2. The van der Waals surface area contributed by atoms with Crippen molar-refractivity contribution in [3.8, 4) is 17.2 Å². The number of rotatable bonds is 10. The zero-order valence-electron chi connectivity index (χ0n) is 35.1. The Hall–Kier alpha value is -6.37. The van der Waals surface area contributed by atoms with Gasteiger partial charge in [0.2, 0.25) is 10.9 Å². The van der Waals surface area contributed by atoms with E-state index in [1.165, 1.54) is 14.7 Å². The van der Waals surface area contributed by atoms with Crippen LogP contribution in [-0.2, 0) is 34.1 Å². The molecule has 0 bridgehead atoms. The summed E-state index contributed by atoms with van der Waals surface area (Å²) in [6.07, 6.45) is 6.10. The third-order valence-corrected chi connectivity index (χ3v) is 13.7. The summed E-state index contributed by atoms with van der Waals surface area (Å²) >= 11 is 0. The number of carbonyl (C=O) groups is 1. The van der Waals surface area contributed by atoms with Gasteiger partial charge in [-0.1, -0.05) is 30.3 Å². The van der Waals surface area contributed by atoms with Gasteiger partial charge in [0.25, 0.3) is 5.91 Å². The lowest BCUT2D eigenvalue weighted by Crippen LogP contribution is -2.41. The molecule has 0 unspecified atom stereocenters. The quantitative estimate of drug-likeness (QED) is 0.155. The van der Waals surface area contributed by atoms with E-state index in [2.05, 4.69) is 40.0 Å². The summed E-state index contributed by atoms with van der Waals surface area (Å²) in [7, 11) is -2.76. The van der Waals surface area contributed by atoms with Crippen molar-refractivity contribution in [2.45, 2.75) is 77.4 Å². The Labute approximate surface area is 362 Å². The van der Waals surface area contributed by atoms with Crippen LogP contribution in [0.2, 0.25) is 0 Å². The number of aryl methyl sites for hydroxylation is 2. The number of imidazole rings is 1. The van der Waals surface area contributed by atoms with Crippen LogP contribution in [0, 0.1) is 25.6 Å². The lowest BCUT2D eigenvalue weighted by Gasteiger charge is -2.34. The second-order valence-corrected chi connectivity index (χ2v) is 17.9. The van der Waals surface area contributed by atoms with E-state index in [1.54, 1.807) is 72.2 Å². The van der Waals surface area contributed by atoms with Crippen molar-refractivity contribution in [3.63, 3.8) is 0 Å². The summed E-state index contributed by atoms with van der Waals surface area (Å²) in [6.45, 7) is 9.18. The number of carbonyl (C=O) groups excluding carboxylic acids is 1. The molecule has 63 heavy (non-hydrogen) atoms. The molecule has 2 fully saturated rings. The Morgan fingerprint density at radius 1 is 0.968 bits per heavy atom. The summed E-state index contributed by atoms with van der Waals surface area (Å²) in [6, 6.07) is 18.0. The third-order valence-electron chi connectivity index (χ3n) is 13.3.